The summed E-state index contributed by atoms with van der Waals surface area (Å²) in [7, 11) is 0. The summed E-state index contributed by atoms with van der Waals surface area (Å²) in [6, 6.07) is 0. The Hall–Kier alpha value is -0.260. The Balaban J connectivity index is 1.96. The van der Waals surface area contributed by atoms with Crippen molar-refractivity contribution >= 4 is 0 Å². The largest absolute Gasteiger partial charge is 0.0993 e. The third-order valence-electron chi connectivity index (χ3n) is 3.86. The lowest BCUT2D eigenvalue weighted by molar-refractivity contribution is 0.475. The summed E-state index contributed by atoms with van der Waals surface area (Å²) in [6.45, 7) is 4.21. The van der Waals surface area contributed by atoms with Gasteiger partial charge in [0.1, 0.15) is 0 Å². The van der Waals surface area contributed by atoms with Crippen molar-refractivity contribution in [1.29, 1.82) is 0 Å². The first-order valence-electron chi connectivity index (χ1n) is 4.43. The third kappa shape index (κ3) is 0.492. The standard InChI is InChI=1S/C10H14/c1-8-6-9(2-3-9)7-10(8)4-5-10/h1-7H2. The molecular weight excluding hydrogens is 120 g/mol. The molecule has 0 nitrogen and oxygen atoms in total. The molecule has 0 aromatic rings. The van der Waals surface area contributed by atoms with Crippen LogP contribution in [0.3, 0.4) is 0 Å². The van der Waals surface area contributed by atoms with Gasteiger partial charge in [0.15, 0.2) is 0 Å². The fourth-order valence-electron chi connectivity index (χ4n) is 2.76. The molecule has 3 fully saturated rings. The van der Waals surface area contributed by atoms with Crippen LogP contribution in [0, 0.1) is 10.8 Å². The molecule has 0 aromatic carbocycles. The van der Waals surface area contributed by atoms with Crippen molar-refractivity contribution in [3.63, 3.8) is 0 Å². The fraction of sp³-hybridized carbons (Fsp3) is 0.800. The molecule has 0 aromatic heterocycles. The van der Waals surface area contributed by atoms with Gasteiger partial charge in [0, 0.05) is 0 Å². The molecule has 3 aliphatic rings. The van der Waals surface area contributed by atoms with Crippen LogP contribution in [0.15, 0.2) is 12.2 Å². The summed E-state index contributed by atoms with van der Waals surface area (Å²) >= 11 is 0. The molecule has 0 radical (unpaired) electrons. The molecule has 0 saturated heterocycles. The minimum Gasteiger partial charge on any atom is -0.0993 e. The Morgan fingerprint density at radius 1 is 1.10 bits per heavy atom. The predicted octanol–water partition coefficient (Wildman–Crippen LogP) is 2.90. The maximum absolute atomic E-state index is 4.21. The van der Waals surface area contributed by atoms with E-state index in [1.807, 2.05) is 0 Å². The molecule has 0 N–H and O–H groups in total. The van der Waals surface area contributed by atoms with Crippen LogP contribution in [0.2, 0.25) is 0 Å². The van der Waals surface area contributed by atoms with Crippen molar-refractivity contribution < 1.29 is 0 Å². The minimum absolute atomic E-state index is 0.705. The number of allylic oxidation sites excluding steroid dienone is 1. The molecule has 0 bridgehead atoms. The first-order chi connectivity index (χ1) is 4.75. The molecule has 0 heteroatoms. The van der Waals surface area contributed by atoms with E-state index in [0.29, 0.717) is 5.41 Å². The number of hydrogen-bond acceptors (Lipinski definition) is 0. The van der Waals surface area contributed by atoms with Gasteiger partial charge in [-0.05, 0) is 49.4 Å². The van der Waals surface area contributed by atoms with Crippen molar-refractivity contribution in [2.75, 3.05) is 0 Å². The monoisotopic (exact) mass is 134 g/mol. The van der Waals surface area contributed by atoms with Crippen molar-refractivity contribution in [1.82, 2.24) is 0 Å². The summed E-state index contributed by atoms with van der Waals surface area (Å²) in [4.78, 5) is 0. The lowest BCUT2D eigenvalue weighted by Gasteiger charge is -2.04. The zero-order chi connectivity index (χ0) is 6.82. The molecule has 0 aliphatic heterocycles. The maximum atomic E-state index is 4.21. The molecule has 2 spiro atoms. The van der Waals surface area contributed by atoms with Crippen LogP contribution in [-0.4, -0.2) is 0 Å². The van der Waals surface area contributed by atoms with Gasteiger partial charge in [-0.25, -0.2) is 0 Å². The highest BCUT2D eigenvalue weighted by atomic mass is 14.7. The van der Waals surface area contributed by atoms with E-state index in [9.17, 15) is 0 Å². The highest BCUT2D eigenvalue weighted by molar-refractivity contribution is 5.30. The smallest absolute Gasteiger partial charge is 0.00845 e. The molecule has 3 rings (SSSR count). The topological polar surface area (TPSA) is 0 Å². The average Bonchev–Trinajstić information content (AvgIpc) is 2.69. The molecule has 54 valence electrons. The van der Waals surface area contributed by atoms with E-state index in [-0.39, 0.29) is 0 Å². The highest BCUT2D eigenvalue weighted by Crippen LogP contribution is 2.73. The molecule has 3 saturated carbocycles. The summed E-state index contributed by atoms with van der Waals surface area (Å²) in [6.07, 6.45) is 8.84. The van der Waals surface area contributed by atoms with E-state index in [1.165, 1.54) is 38.5 Å². The highest BCUT2D eigenvalue weighted by Gasteiger charge is 2.61. The molecule has 0 unspecified atom stereocenters. The summed E-state index contributed by atoms with van der Waals surface area (Å²) < 4.78 is 0. The van der Waals surface area contributed by atoms with Crippen LogP contribution in [-0.2, 0) is 0 Å². The maximum Gasteiger partial charge on any atom is -0.00845 e. The third-order valence-corrected chi connectivity index (χ3v) is 3.86. The van der Waals surface area contributed by atoms with Crippen LogP contribution in [0.4, 0.5) is 0 Å². The molecule has 0 heterocycles. The van der Waals surface area contributed by atoms with Gasteiger partial charge >= 0.3 is 0 Å². The SMILES string of the molecule is C=C1CC2(CC2)CC12CC2. The van der Waals surface area contributed by atoms with E-state index < -0.39 is 0 Å². The van der Waals surface area contributed by atoms with Gasteiger partial charge in [0.05, 0.1) is 0 Å². The van der Waals surface area contributed by atoms with Gasteiger partial charge in [0.25, 0.3) is 0 Å². The summed E-state index contributed by atoms with van der Waals surface area (Å²) in [5, 5.41) is 0. The van der Waals surface area contributed by atoms with Gasteiger partial charge < -0.3 is 0 Å². The molecule has 3 aliphatic carbocycles. The van der Waals surface area contributed by atoms with Gasteiger partial charge in [-0.15, -0.1) is 0 Å². The van der Waals surface area contributed by atoms with E-state index in [0.717, 1.165) is 5.41 Å². The number of rotatable bonds is 0. The minimum atomic E-state index is 0.705. The average molecular weight is 134 g/mol. The van der Waals surface area contributed by atoms with Gasteiger partial charge in [-0.1, -0.05) is 12.2 Å². The fourth-order valence-corrected chi connectivity index (χ4v) is 2.76. The Kier molecular flexibility index (Phi) is 0.657. The zero-order valence-corrected chi connectivity index (χ0v) is 6.45. The molecule has 0 amide bonds. The lowest BCUT2D eigenvalue weighted by atomic mass is 10.00. The Labute approximate surface area is 62.3 Å². The van der Waals surface area contributed by atoms with Gasteiger partial charge in [0.2, 0.25) is 0 Å². The lowest BCUT2D eigenvalue weighted by Crippen LogP contribution is -1.95. The Morgan fingerprint density at radius 2 is 1.80 bits per heavy atom. The summed E-state index contributed by atoms with van der Waals surface area (Å²) in [5.74, 6) is 0. The van der Waals surface area contributed by atoms with Gasteiger partial charge in [-0.3, -0.25) is 0 Å². The predicted molar refractivity (Wildman–Crippen MR) is 41.7 cm³/mol. The van der Waals surface area contributed by atoms with Crippen LogP contribution in [0.25, 0.3) is 0 Å². The van der Waals surface area contributed by atoms with Gasteiger partial charge in [-0.2, -0.15) is 0 Å². The van der Waals surface area contributed by atoms with E-state index in [4.69, 9.17) is 0 Å². The van der Waals surface area contributed by atoms with E-state index in [2.05, 4.69) is 6.58 Å². The van der Waals surface area contributed by atoms with Crippen LogP contribution < -0.4 is 0 Å². The zero-order valence-electron chi connectivity index (χ0n) is 6.45. The quantitative estimate of drug-likeness (QED) is 0.447. The first-order valence-corrected chi connectivity index (χ1v) is 4.43. The number of hydrogen-bond donors (Lipinski definition) is 0. The van der Waals surface area contributed by atoms with E-state index in [1.54, 1.807) is 5.57 Å². The summed E-state index contributed by atoms with van der Waals surface area (Å²) in [5.41, 5.74) is 3.12. The van der Waals surface area contributed by atoms with Crippen LogP contribution >= 0.6 is 0 Å². The Morgan fingerprint density at radius 3 is 2.10 bits per heavy atom. The second-order valence-electron chi connectivity index (χ2n) is 4.74. The molecular formula is C10H14. The Bertz CT molecular complexity index is 204. The molecule has 0 atom stereocenters. The van der Waals surface area contributed by atoms with Crippen molar-refractivity contribution in [2.24, 2.45) is 10.8 Å². The molecule has 10 heavy (non-hydrogen) atoms. The second-order valence-corrected chi connectivity index (χ2v) is 4.74. The van der Waals surface area contributed by atoms with Crippen molar-refractivity contribution in [3.05, 3.63) is 12.2 Å². The van der Waals surface area contributed by atoms with E-state index >= 15 is 0 Å². The van der Waals surface area contributed by atoms with Crippen molar-refractivity contribution in [2.45, 2.75) is 38.5 Å². The van der Waals surface area contributed by atoms with Crippen LogP contribution in [0.5, 0.6) is 0 Å². The normalized spacial score (nSPS) is 37.4. The van der Waals surface area contributed by atoms with Crippen molar-refractivity contribution in [3.8, 4) is 0 Å². The second kappa shape index (κ2) is 1.22. The van der Waals surface area contributed by atoms with Crippen LogP contribution in [0.1, 0.15) is 38.5 Å². The first kappa shape index (κ1) is 5.40.